The SMILES string of the molecule is Cc1cccc(C(=O)N2CC[C@@]34O[C@@H](c5ccccc5)CN3C(=O)C[C@@H]24)c1C. The molecule has 5 nitrogen and oxygen atoms in total. The molecule has 2 amide bonds. The summed E-state index contributed by atoms with van der Waals surface area (Å²) in [5.41, 5.74) is 3.23. The summed E-state index contributed by atoms with van der Waals surface area (Å²) in [5.74, 6) is 0.0892. The number of carbonyl (C=O) groups excluding carboxylic acids is 2. The van der Waals surface area contributed by atoms with E-state index in [1.807, 2.05) is 72.2 Å². The highest BCUT2D eigenvalue weighted by molar-refractivity contribution is 5.97. The molecule has 0 N–H and O–H groups in total. The molecule has 3 atom stereocenters. The topological polar surface area (TPSA) is 49.9 Å². The first-order chi connectivity index (χ1) is 13.5. The fourth-order valence-corrected chi connectivity index (χ4v) is 5.05. The molecule has 0 unspecified atom stereocenters. The van der Waals surface area contributed by atoms with E-state index >= 15 is 0 Å². The number of ether oxygens (including phenoxy) is 1. The lowest BCUT2D eigenvalue weighted by Gasteiger charge is -2.32. The van der Waals surface area contributed by atoms with E-state index in [4.69, 9.17) is 4.74 Å². The van der Waals surface area contributed by atoms with Gasteiger partial charge in [0.2, 0.25) is 5.91 Å². The molecule has 0 saturated carbocycles. The van der Waals surface area contributed by atoms with Crippen molar-refractivity contribution in [1.82, 2.24) is 9.80 Å². The summed E-state index contributed by atoms with van der Waals surface area (Å²) in [5, 5.41) is 0. The van der Waals surface area contributed by atoms with Crippen LogP contribution in [0.2, 0.25) is 0 Å². The maximum atomic E-state index is 13.3. The van der Waals surface area contributed by atoms with E-state index < -0.39 is 5.72 Å². The molecule has 2 aromatic carbocycles. The molecular weight excluding hydrogens is 352 g/mol. The number of hydrogen-bond acceptors (Lipinski definition) is 3. The van der Waals surface area contributed by atoms with Gasteiger partial charge in [-0.25, -0.2) is 0 Å². The molecule has 3 aliphatic heterocycles. The van der Waals surface area contributed by atoms with E-state index in [1.165, 1.54) is 0 Å². The molecular formula is C23H24N2O3. The normalized spacial score (nSPS) is 28.6. The van der Waals surface area contributed by atoms with Crippen molar-refractivity contribution in [3.05, 3.63) is 70.8 Å². The molecule has 1 spiro atoms. The molecule has 0 radical (unpaired) electrons. The zero-order chi connectivity index (χ0) is 19.5. The van der Waals surface area contributed by atoms with Gasteiger partial charge in [-0.15, -0.1) is 0 Å². The minimum Gasteiger partial charge on any atom is -0.343 e. The Bertz CT molecular complexity index is 958. The Morgan fingerprint density at radius 2 is 1.89 bits per heavy atom. The van der Waals surface area contributed by atoms with Crippen LogP contribution in [-0.4, -0.2) is 46.5 Å². The second-order valence-electron chi connectivity index (χ2n) is 8.08. The molecule has 144 valence electrons. The quantitative estimate of drug-likeness (QED) is 0.809. The lowest BCUT2D eigenvalue weighted by Crippen LogP contribution is -2.48. The molecule has 5 heteroatoms. The van der Waals surface area contributed by atoms with Crippen molar-refractivity contribution in [1.29, 1.82) is 0 Å². The highest BCUT2D eigenvalue weighted by Crippen LogP contribution is 2.50. The van der Waals surface area contributed by atoms with Crippen molar-refractivity contribution in [3.8, 4) is 0 Å². The first-order valence-corrected chi connectivity index (χ1v) is 9.92. The summed E-state index contributed by atoms with van der Waals surface area (Å²) in [7, 11) is 0. The molecule has 0 aliphatic carbocycles. The molecule has 0 bridgehead atoms. The molecule has 0 aromatic heterocycles. The van der Waals surface area contributed by atoms with E-state index in [2.05, 4.69) is 0 Å². The highest BCUT2D eigenvalue weighted by atomic mass is 16.5. The van der Waals surface area contributed by atoms with Crippen LogP contribution in [0.1, 0.15) is 46.0 Å². The zero-order valence-electron chi connectivity index (χ0n) is 16.2. The maximum absolute atomic E-state index is 13.3. The van der Waals surface area contributed by atoms with Crippen LogP contribution >= 0.6 is 0 Å². The summed E-state index contributed by atoms with van der Waals surface area (Å²) in [6, 6.07) is 15.6. The fraction of sp³-hybridized carbons (Fsp3) is 0.391. The lowest BCUT2D eigenvalue weighted by atomic mass is 10.0. The van der Waals surface area contributed by atoms with Gasteiger partial charge in [0, 0.05) is 18.5 Å². The first kappa shape index (κ1) is 17.4. The van der Waals surface area contributed by atoms with Gasteiger partial charge in [-0.2, -0.15) is 0 Å². The monoisotopic (exact) mass is 376 g/mol. The fourth-order valence-electron chi connectivity index (χ4n) is 5.05. The Morgan fingerprint density at radius 3 is 2.68 bits per heavy atom. The van der Waals surface area contributed by atoms with Crippen molar-refractivity contribution in [2.45, 2.75) is 44.6 Å². The number of carbonyl (C=O) groups is 2. The van der Waals surface area contributed by atoms with Crippen LogP contribution < -0.4 is 0 Å². The first-order valence-electron chi connectivity index (χ1n) is 9.92. The van der Waals surface area contributed by atoms with E-state index in [0.717, 1.165) is 22.3 Å². The van der Waals surface area contributed by atoms with Gasteiger partial charge in [0.05, 0.1) is 19.0 Å². The van der Waals surface area contributed by atoms with Crippen molar-refractivity contribution in [2.75, 3.05) is 13.1 Å². The van der Waals surface area contributed by atoms with E-state index in [-0.39, 0.29) is 24.0 Å². The number of hydrogen-bond donors (Lipinski definition) is 0. The Hall–Kier alpha value is -2.66. The standard InChI is InChI=1S/C23H24N2O3/c1-15-7-6-10-18(16(15)2)22(27)24-12-11-23-20(24)13-21(26)25(23)14-19(28-23)17-8-4-3-5-9-17/h3-10,19-20H,11-14H2,1-2H3/t19-,20-,23+/m1/s1. The van der Waals surface area contributed by atoms with Gasteiger partial charge >= 0.3 is 0 Å². The van der Waals surface area contributed by atoms with Crippen LogP contribution in [0.25, 0.3) is 0 Å². The van der Waals surface area contributed by atoms with Crippen LogP contribution in [-0.2, 0) is 9.53 Å². The number of likely N-dealkylation sites (tertiary alicyclic amines) is 1. The molecule has 2 aromatic rings. The Labute approximate surface area is 164 Å². The van der Waals surface area contributed by atoms with Crippen molar-refractivity contribution < 1.29 is 14.3 Å². The molecule has 28 heavy (non-hydrogen) atoms. The van der Waals surface area contributed by atoms with E-state index in [0.29, 0.717) is 25.9 Å². The summed E-state index contributed by atoms with van der Waals surface area (Å²) in [4.78, 5) is 29.9. The number of rotatable bonds is 2. The van der Waals surface area contributed by atoms with Crippen molar-refractivity contribution >= 4 is 11.8 Å². The Morgan fingerprint density at radius 1 is 1.11 bits per heavy atom. The molecule has 5 rings (SSSR count). The summed E-state index contributed by atoms with van der Waals surface area (Å²) in [6.45, 7) is 5.17. The van der Waals surface area contributed by atoms with Gasteiger partial charge in [-0.05, 0) is 36.6 Å². The average molecular weight is 376 g/mol. The average Bonchev–Trinajstić information content (AvgIpc) is 3.33. The van der Waals surface area contributed by atoms with Crippen LogP contribution in [0.3, 0.4) is 0 Å². The van der Waals surface area contributed by atoms with Gasteiger partial charge in [0.25, 0.3) is 5.91 Å². The summed E-state index contributed by atoms with van der Waals surface area (Å²) in [6.07, 6.45) is 0.880. The largest absolute Gasteiger partial charge is 0.343 e. The molecule has 3 fully saturated rings. The van der Waals surface area contributed by atoms with Gasteiger partial charge in [0.1, 0.15) is 6.10 Å². The van der Waals surface area contributed by atoms with Crippen molar-refractivity contribution in [3.63, 3.8) is 0 Å². The van der Waals surface area contributed by atoms with Gasteiger partial charge < -0.3 is 14.5 Å². The second-order valence-corrected chi connectivity index (χ2v) is 8.08. The van der Waals surface area contributed by atoms with Crippen LogP contribution in [0.15, 0.2) is 48.5 Å². The molecule has 3 heterocycles. The van der Waals surface area contributed by atoms with Gasteiger partial charge in [-0.1, -0.05) is 42.5 Å². The summed E-state index contributed by atoms with van der Waals surface area (Å²) < 4.78 is 6.53. The Balaban J connectivity index is 1.46. The van der Waals surface area contributed by atoms with Crippen LogP contribution in [0, 0.1) is 13.8 Å². The predicted octanol–water partition coefficient (Wildman–Crippen LogP) is 3.22. The number of aryl methyl sites for hydroxylation is 1. The third-order valence-corrected chi connectivity index (χ3v) is 6.70. The summed E-state index contributed by atoms with van der Waals surface area (Å²) >= 11 is 0. The predicted molar refractivity (Wildman–Crippen MR) is 105 cm³/mol. The van der Waals surface area contributed by atoms with E-state index in [9.17, 15) is 9.59 Å². The maximum Gasteiger partial charge on any atom is 0.254 e. The third-order valence-electron chi connectivity index (χ3n) is 6.70. The Kier molecular flexibility index (Phi) is 3.85. The molecule has 3 saturated heterocycles. The van der Waals surface area contributed by atoms with Crippen molar-refractivity contribution in [2.24, 2.45) is 0 Å². The minimum atomic E-state index is -0.676. The lowest BCUT2D eigenvalue weighted by molar-refractivity contribution is -0.138. The van der Waals surface area contributed by atoms with Crippen LogP contribution in [0.5, 0.6) is 0 Å². The van der Waals surface area contributed by atoms with Crippen LogP contribution in [0.4, 0.5) is 0 Å². The second kappa shape index (κ2) is 6.17. The third kappa shape index (κ3) is 2.35. The van der Waals surface area contributed by atoms with Gasteiger partial charge in [0.15, 0.2) is 5.72 Å². The number of amides is 2. The minimum absolute atomic E-state index is 0.00415. The molecule has 3 aliphatic rings. The smallest absolute Gasteiger partial charge is 0.254 e. The zero-order valence-corrected chi connectivity index (χ0v) is 16.2. The highest BCUT2D eigenvalue weighted by Gasteiger charge is 2.65. The number of benzene rings is 2. The van der Waals surface area contributed by atoms with Gasteiger partial charge in [-0.3, -0.25) is 9.59 Å². The number of nitrogens with zero attached hydrogens (tertiary/aromatic N) is 2. The van der Waals surface area contributed by atoms with E-state index in [1.54, 1.807) is 0 Å².